The summed E-state index contributed by atoms with van der Waals surface area (Å²) in [5.41, 5.74) is 0.923. The molecule has 0 amide bonds. The smallest absolute Gasteiger partial charge is 0.192 e. The van der Waals surface area contributed by atoms with Crippen molar-refractivity contribution in [3.8, 4) is 5.75 Å². The predicted octanol–water partition coefficient (Wildman–Crippen LogP) is 3.23. The number of benzene rings is 1. The summed E-state index contributed by atoms with van der Waals surface area (Å²) in [6.07, 6.45) is 1.38. The van der Waals surface area contributed by atoms with Crippen molar-refractivity contribution < 1.29 is 4.74 Å². The zero-order valence-corrected chi connectivity index (χ0v) is 11.6. The number of aromatic nitrogens is 2. The Kier molecular flexibility index (Phi) is 4.03. The number of hydrogen-bond donors (Lipinski definition) is 1. The highest BCUT2D eigenvalue weighted by Crippen LogP contribution is 2.26. The molecule has 0 atom stereocenters. The van der Waals surface area contributed by atoms with Crippen LogP contribution in [0.25, 0.3) is 0 Å². The lowest BCUT2D eigenvalue weighted by molar-refractivity contribution is 0.415. The van der Waals surface area contributed by atoms with Gasteiger partial charge in [-0.1, -0.05) is 6.07 Å². The van der Waals surface area contributed by atoms with Gasteiger partial charge in [0.1, 0.15) is 5.75 Å². The average Bonchev–Trinajstić information content (AvgIpc) is 2.39. The number of hydrogen-bond acceptors (Lipinski definition) is 6. The Morgan fingerprint density at radius 3 is 3.00 bits per heavy atom. The molecule has 2 rings (SSSR count). The molecule has 6 nitrogen and oxygen atoms in total. The molecule has 0 aliphatic rings. The van der Waals surface area contributed by atoms with Crippen LogP contribution in [-0.4, -0.2) is 17.1 Å². The Bertz CT molecular complexity index is 577. The Morgan fingerprint density at radius 1 is 1.44 bits per heavy atom. The fraction of sp³-hybridized carbons (Fsp3) is 0.0909. The fourth-order valence-corrected chi connectivity index (χ4v) is 1.73. The van der Waals surface area contributed by atoms with E-state index in [1.54, 1.807) is 13.2 Å². The standard InChI is InChI=1S/C11H9IN4O2/c1-18-8-4-2-3-7(5-8)14-10-9(16-17)6-13-11(12)15-10/h2-6H,1H3,(H,13,14,15). The quantitative estimate of drug-likeness (QED) is 0.517. The Balaban J connectivity index is 2.32. The van der Waals surface area contributed by atoms with Crippen molar-refractivity contribution >= 4 is 39.8 Å². The van der Waals surface area contributed by atoms with Crippen LogP contribution >= 0.6 is 22.6 Å². The third kappa shape index (κ3) is 2.92. The Labute approximate surface area is 117 Å². The van der Waals surface area contributed by atoms with Crippen molar-refractivity contribution in [2.24, 2.45) is 5.18 Å². The molecule has 2 aromatic rings. The molecule has 0 aliphatic carbocycles. The van der Waals surface area contributed by atoms with Gasteiger partial charge in [0, 0.05) is 34.3 Å². The van der Waals surface area contributed by atoms with Gasteiger partial charge in [0.2, 0.25) is 0 Å². The summed E-state index contributed by atoms with van der Waals surface area (Å²) >= 11 is 1.96. The number of ether oxygens (including phenoxy) is 1. The Hall–Kier alpha value is -1.77. The maximum absolute atomic E-state index is 10.7. The molecule has 18 heavy (non-hydrogen) atoms. The summed E-state index contributed by atoms with van der Waals surface area (Å²) in [6.45, 7) is 0. The summed E-state index contributed by atoms with van der Waals surface area (Å²) in [5, 5.41) is 5.89. The lowest BCUT2D eigenvalue weighted by Crippen LogP contribution is -1.97. The average molecular weight is 356 g/mol. The van der Waals surface area contributed by atoms with Crippen LogP contribution in [0.4, 0.5) is 17.2 Å². The lowest BCUT2D eigenvalue weighted by atomic mass is 10.3. The van der Waals surface area contributed by atoms with Crippen molar-refractivity contribution in [3.05, 3.63) is 39.2 Å². The highest BCUT2D eigenvalue weighted by atomic mass is 127. The van der Waals surface area contributed by atoms with E-state index in [0.717, 1.165) is 5.69 Å². The number of nitroso groups, excluding NO2 is 1. The topological polar surface area (TPSA) is 76.5 Å². The molecule has 0 saturated carbocycles. The molecule has 0 spiro atoms. The predicted molar refractivity (Wildman–Crippen MR) is 76.5 cm³/mol. The second-order valence-corrected chi connectivity index (χ2v) is 4.29. The van der Waals surface area contributed by atoms with Crippen LogP contribution in [0.3, 0.4) is 0 Å². The van der Waals surface area contributed by atoms with Gasteiger partial charge in [-0.3, -0.25) is 0 Å². The maximum atomic E-state index is 10.7. The lowest BCUT2D eigenvalue weighted by Gasteiger charge is -2.08. The van der Waals surface area contributed by atoms with E-state index < -0.39 is 0 Å². The molecular formula is C11H9IN4O2. The fourth-order valence-electron chi connectivity index (χ4n) is 1.35. The first-order valence-electron chi connectivity index (χ1n) is 5.00. The summed E-state index contributed by atoms with van der Waals surface area (Å²) in [7, 11) is 1.59. The highest BCUT2D eigenvalue weighted by Gasteiger charge is 2.07. The molecule has 0 fully saturated rings. The normalized spacial score (nSPS) is 9.89. The SMILES string of the molecule is COc1cccc(Nc2nc(I)ncc2N=O)c1. The number of nitrogens with zero attached hydrogens (tertiary/aromatic N) is 3. The zero-order valence-electron chi connectivity index (χ0n) is 9.42. The van der Waals surface area contributed by atoms with Gasteiger partial charge >= 0.3 is 0 Å². The van der Waals surface area contributed by atoms with E-state index in [1.807, 2.05) is 40.8 Å². The summed E-state index contributed by atoms with van der Waals surface area (Å²) in [6, 6.07) is 7.30. The molecule has 0 radical (unpaired) electrons. The number of halogens is 1. The molecule has 1 N–H and O–H groups in total. The van der Waals surface area contributed by atoms with Gasteiger partial charge in [-0.25, -0.2) is 9.97 Å². The molecule has 1 aromatic carbocycles. The summed E-state index contributed by atoms with van der Waals surface area (Å²) in [4.78, 5) is 18.7. The third-order valence-corrected chi connectivity index (χ3v) is 2.69. The number of methoxy groups -OCH3 is 1. The van der Waals surface area contributed by atoms with Crippen molar-refractivity contribution in [3.63, 3.8) is 0 Å². The number of anilines is 2. The largest absolute Gasteiger partial charge is 0.497 e. The van der Waals surface area contributed by atoms with Crippen LogP contribution in [-0.2, 0) is 0 Å². The second-order valence-electron chi connectivity index (χ2n) is 3.32. The highest BCUT2D eigenvalue weighted by molar-refractivity contribution is 14.1. The van der Waals surface area contributed by atoms with Crippen molar-refractivity contribution in [2.75, 3.05) is 12.4 Å². The van der Waals surface area contributed by atoms with Crippen molar-refractivity contribution in [1.82, 2.24) is 9.97 Å². The molecular weight excluding hydrogens is 347 g/mol. The van der Waals surface area contributed by atoms with Crippen LogP contribution in [0.1, 0.15) is 0 Å². The van der Waals surface area contributed by atoms with Crippen LogP contribution < -0.4 is 10.1 Å². The van der Waals surface area contributed by atoms with E-state index in [4.69, 9.17) is 4.74 Å². The number of rotatable bonds is 4. The van der Waals surface area contributed by atoms with E-state index in [0.29, 0.717) is 15.4 Å². The van der Waals surface area contributed by atoms with E-state index >= 15 is 0 Å². The monoisotopic (exact) mass is 356 g/mol. The van der Waals surface area contributed by atoms with Gasteiger partial charge in [0.05, 0.1) is 13.3 Å². The third-order valence-electron chi connectivity index (χ3n) is 2.17. The molecule has 1 aromatic heterocycles. The van der Waals surface area contributed by atoms with Crippen LogP contribution in [0.2, 0.25) is 0 Å². The van der Waals surface area contributed by atoms with E-state index in [-0.39, 0.29) is 5.69 Å². The van der Waals surface area contributed by atoms with Crippen molar-refractivity contribution in [1.29, 1.82) is 0 Å². The van der Waals surface area contributed by atoms with Gasteiger partial charge in [-0.05, 0) is 17.3 Å². The Morgan fingerprint density at radius 2 is 2.28 bits per heavy atom. The molecule has 1 heterocycles. The van der Waals surface area contributed by atoms with Crippen LogP contribution in [0.15, 0.2) is 35.6 Å². The molecule has 0 saturated heterocycles. The van der Waals surface area contributed by atoms with Crippen molar-refractivity contribution in [2.45, 2.75) is 0 Å². The maximum Gasteiger partial charge on any atom is 0.192 e. The van der Waals surface area contributed by atoms with E-state index in [2.05, 4.69) is 20.5 Å². The molecule has 0 aliphatic heterocycles. The van der Waals surface area contributed by atoms with Gasteiger partial charge in [-0.2, -0.15) is 0 Å². The minimum absolute atomic E-state index is 0.165. The molecule has 0 bridgehead atoms. The zero-order chi connectivity index (χ0) is 13.0. The van der Waals surface area contributed by atoms with Gasteiger partial charge < -0.3 is 10.1 Å². The summed E-state index contributed by atoms with van der Waals surface area (Å²) < 4.78 is 5.65. The first kappa shape index (κ1) is 12.7. The van der Waals surface area contributed by atoms with Gasteiger partial charge in [-0.15, -0.1) is 4.91 Å². The molecule has 7 heteroatoms. The van der Waals surface area contributed by atoms with Gasteiger partial charge in [0.25, 0.3) is 0 Å². The summed E-state index contributed by atoms with van der Waals surface area (Å²) in [5.74, 6) is 1.09. The molecule has 92 valence electrons. The van der Waals surface area contributed by atoms with Crippen LogP contribution in [0, 0.1) is 8.74 Å². The minimum atomic E-state index is 0.165. The molecule has 0 unspecified atom stereocenters. The van der Waals surface area contributed by atoms with Gasteiger partial charge in [0.15, 0.2) is 15.3 Å². The first-order valence-corrected chi connectivity index (χ1v) is 6.08. The minimum Gasteiger partial charge on any atom is -0.497 e. The number of nitrogens with one attached hydrogen (secondary N) is 1. The van der Waals surface area contributed by atoms with E-state index in [9.17, 15) is 4.91 Å². The van der Waals surface area contributed by atoms with Crippen LogP contribution in [0.5, 0.6) is 5.75 Å². The first-order chi connectivity index (χ1) is 8.72. The van der Waals surface area contributed by atoms with E-state index in [1.165, 1.54) is 6.20 Å². The second kappa shape index (κ2) is 5.71.